The monoisotopic (exact) mass is 406 g/mol. The molecule has 3 aromatic carbocycles. The van der Waals surface area contributed by atoms with Gasteiger partial charge in [0.1, 0.15) is 18.2 Å². The van der Waals surface area contributed by atoms with Gasteiger partial charge in [-0.2, -0.15) is 0 Å². The summed E-state index contributed by atoms with van der Waals surface area (Å²) in [6.07, 6.45) is 0.0945. The molecule has 0 radical (unpaired) electrons. The van der Waals surface area contributed by atoms with Crippen LogP contribution in [0.4, 0.5) is 14.5 Å². The van der Waals surface area contributed by atoms with Gasteiger partial charge in [-0.15, -0.1) is 0 Å². The van der Waals surface area contributed by atoms with E-state index in [1.165, 1.54) is 35.2 Å². The van der Waals surface area contributed by atoms with Crippen LogP contribution in [-0.2, 0) is 16.0 Å². The van der Waals surface area contributed by atoms with Crippen molar-refractivity contribution in [2.45, 2.75) is 19.4 Å². The SMILES string of the molecule is Cc1cccc(CC(=O)N2CC(=O)Nc3ccc(F)cc3[C@@H]2c2ccc(F)cc2)c1. The molecule has 1 aliphatic rings. The van der Waals surface area contributed by atoms with Crippen LogP contribution in [0.1, 0.15) is 28.3 Å². The Balaban J connectivity index is 1.80. The van der Waals surface area contributed by atoms with E-state index >= 15 is 0 Å². The van der Waals surface area contributed by atoms with Crippen molar-refractivity contribution in [3.8, 4) is 0 Å². The topological polar surface area (TPSA) is 49.4 Å². The molecule has 3 aromatic rings. The molecular formula is C24H20F2N2O2. The molecule has 0 fully saturated rings. The lowest BCUT2D eigenvalue weighted by atomic mass is 9.95. The zero-order chi connectivity index (χ0) is 21.3. The van der Waals surface area contributed by atoms with Crippen LogP contribution in [0.15, 0.2) is 66.7 Å². The number of halogens is 2. The van der Waals surface area contributed by atoms with E-state index < -0.39 is 17.7 Å². The molecule has 1 aliphatic heterocycles. The summed E-state index contributed by atoms with van der Waals surface area (Å²) in [5, 5.41) is 2.74. The van der Waals surface area contributed by atoms with Crippen molar-refractivity contribution < 1.29 is 18.4 Å². The van der Waals surface area contributed by atoms with Crippen LogP contribution in [-0.4, -0.2) is 23.3 Å². The summed E-state index contributed by atoms with van der Waals surface area (Å²) in [4.78, 5) is 27.3. The zero-order valence-corrected chi connectivity index (χ0v) is 16.4. The van der Waals surface area contributed by atoms with Gasteiger partial charge in [-0.05, 0) is 48.4 Å². The summed E-state index contributed by atoms with van der Waals surface area (Å²) in [7, 11) is 0. The van der Waals surface area contributed by atoms with Gasteiger partial charge in [0.15, 0.2) is 0 Å². The Bertz CT molecular complexity index is 1110. The summed E-state index contributed by atoms with van der Waals surface area (Å²) in [6.45, 7) is 1.75. The van der Waals surface area contributed by atoms with Crippen LogP contribution >= 0.6 is 0 Å². The Hall–Kier alpha value is -3.54. The number of anilines is 1. The van der Waals surface area contributed by atoms with Gasteiger partial charge in [0.2, 0.25) is 11.8 Å². The number of nitrogens with one attached hydrogen (secondary N) is 1. The lowest BCUT2D eigenvalue weighted by Crippen LogP contribution is -2.39. The summed E-state index contributed by atoms with van der Waals surface area (Å²) >= 11 is 0. The normalized spacial score (nSPS) is 15.9. The quantitative estimate of drug-likeness (QED) is 0.702. The average Bonchev–Trinajstić information content (AvgIpc) is 2.84. The minimum atomic E-state index is -0.729. The van der Waals surface area contributed by atoms with Gasteiger partial charge in [-0.3, -0.25) is 9.59 Å². The minimum Gasteiger partial charge on any atom is -0.324 e. The average molecular weight is 406 g/mol. The van der Waals surface area contributed by atoms with Gasteiger partial charge in [0.25, 0.3) is 0 Å². The highest BCUT2D eigenvalue weighted by atomic mass is 19.1. The number of hydrogen-bond acceptors (Lipinski definition) is 2. The van der Waals surface area contributed by atoms with Crippen molar-refractivity contribution in [3.05, 3.63) is 101 Å². The van der Waals surface area contributed by atoms with E-state index in [1.807, 2.05) is 31.2 Å². The predicted octanol–water partition coefficient (Wildman–Crippen LogP) is 4.39. The maximum Gasteiger partial charge on any atom is 0.244 e. The van der Waals surface area contributed by atoms with Crippen molar-refractivity contribution in [2.24, 2.45) is 0 Å². The lowest BCUT2D eigenvalue weighted by Gasteiger charge is -2.30. The first-order chi connectivity index (χ1) is 14.4. The molecule has 2 amide bonds. The number of rotatable bonds is 3. The van der Waals surface area contributed by atoms with Crippen LogP contribution in [0.3, 0.4) is 0 Å². The molecule has 152 valence electrons. The van der Waals surface area contributed by atoms with Crippen molar-refractivity contribution in [1.82, 2.24) is 4.90 Å². The highest BCUT2D eigenvalue weighted by Crippen LogP contribution is 2.36. The number of nitrogens with zero attached hydrogens (tertiary/aromatic N) is 1. The van der Waals surface area contributed by atoms with E-state index in [-0.39, 0.29) is 24.8 Å². The molecule has 0 saturated heterocycles. The Kier molecular flexibility index (Phi) is 5.31. The third-order valence-corrected chi connectivity index (χ3v) is 5.15. The number of hydrogen-bond donors (Lipinski definition) is 1. The van der Waals surface area contributed by atoms with Crippen LogP contribution < -0.4 is 5.32 Å². The Labute approximate surface area is 173 Å². The fourth-order valence-electron chi connectivity index (χ4n) is 3.81. The van der Waals surface area contributed by atoms with E-state index in [2.05, 4.69) is 5.32 Å². The van der Waals surface area contributed by atoms with Crippen molar-refractivity contribution >= 4 is 17.5 Å². The summed E-state index contributed by atoms with van der Waals surface area (Å²) in [6, 6.07) is 16.6. The van der Waals surface area contributed by atoms with Gasteiger partial charge >= 0.3 is 0 Å². The molecule has 0 saturated carbocycles. The molecule has 1 heterocycles. The fourth-order valence-corrected chi connectivity index (χ4v) is 3.81. The highest BCUT2D eigenvalue weighted by Gasteiger charge is 2.33. The van der Waals surface area contributed by atoms with E-state index in [0.717, 1.165) is 11.1 Å². The highest BCUT2D eigenvalue weighted by molar-refractivity contribution is 5.97. The second kappa shape index (κ2) is 8.06. The second-order valence-electron chi connectivity index (χ2n) is 7.42. The molecule has 1 N–H and O–H groups in total. The van der Waals surface area contributed by atoms with Gasteiger partial charge in [-0.25, -0.2) is 8.78 Å². The molecule has 0 aliphatic carbocycles. The third-order valence-electron chi connectivity index (χ3n) is 5.15. The first kappa shape index (κ1) is 19.8. The number of carbonyl (C=O) groups is 2. The molecule has 4 nitrogen and oxygen atoms in total. The molecular weight excluding hydrogens is 386 g/mol. The molecule has 0 aromatic heterocycles. The number of aryl methyl sites for hydroxylation is 1. The zero-order valence-electron chi connectivity index (χ0n) is 16.4. The molecule has 1 atom stereocenters. The third kappa shape index (κ3) is 4.08. The lowest BCUT2D eigenvalue weighted by molar-refractivity contribution is -0.135. The van der Waals surface area contributed by atoms with Gasteiger partial charge in [0.05, 0.1) is 12.5 Å². The maximum atomic E-state index is 14.1. The standard InChI is InChI=1S/C24H20F2N2O2/c1-15-3-2-4-16(11-15)12-23(30)28-14-22(29)27-21-10-9-19(26)13-20(21)24(28)17-5-7-18(25)8-6-17/h2-11,13,24H,12,14H2,1H3,(H,27,29)/t24-/m0/s1. The van der Waals surface area contributed by atoms with Crippen LogP contribution in [0.2, 0.25) is 0 Å². The van der Waals surface area contributed by atoms with Gasteiger partial charge in [0, 0.05) is 11.3 Å². The van der Waals surface area contributed by atoms with Crippen LogP contribution in [0.5, 0.6) is 0 Å². The number of carbonyl (C=O) groups excluding carboxylic acids is 2. The van der Waals surface area contributed by atoms with Crippen molar-refractivity contribution in [1.29, 1.82) is 0 Å². The van der Waals surface area contributed by atoms with Crippen LogP contribution in [0.25, 0.3) is 0 Å². The smallest absolute Gasteiger partial charge is 0.244 e. The number of fused-ring (bicyclic) bond motifs is 1. The Morgan fingerprint density at radius 3 is 2.50 bits per heavy atom. The van der Waals surface area contributed by atoms with E-state index in [0.29, 0.717) is 16.8 Å². The van der Waals surface area contributed by atoms with Crippen LogP contribution in [0, 0.1) is 18.6 Å². The second-order valence-corrected chi connectivity index (χ2v) is 7.42. The Morgan fingerprint density at radius 1 is 1.03 bits per heavy atom. The van der Waals surface area contributed by atoms with E-state index in [9.17, 15) is 18.4 Å². The largest absolute Gasteiger partial charge is 0.324 e. The van der Waals surface area contributed by atoms with Crippen molar-refractivity contribution in [3.63, 3.8) is 0 Å². The molecule has 4 rings (SSSR count). The predicted molar refractivity (Wildman–Crippen MR) is 110 cm³/mol. The first-order valence-electron chi connectivity index (χ1n) is 9.60. The molecule has 30 heavy (non-hydrogen) atoms. The first-order valence-corrected chi connectivity index (χ1v) is 9.60. The minimum absolute atomic E-state index is 0.0945. The summed E-state index contributed by atoms with van der Waals surface area (Å²) in [5.74, 6) is -1.55. The van der Waals surface area contributed by atoms with Crippen molar-refractivity contribution in [2.75, 3.05) is 11.9 Å². The van der Waals surface area contributed by atoms with Gasteiger partial charge in [-0.1, -0.05) is 42.0 Å². The molecule has 0 bridgehead atoms. The van der Waals surface area contributed by atoms with E-state index in [1.54, 1.807) is 12.1 Å². The maximum absolute atomic E-state index is 14.1. The summed E-state index contributed by atoms with van der Waals surface area (Å²) < 4.78 is 27.7. The molecule has 6 heteroatoms. The number of benzene rings is 3. The summed E-state index contributed by atoms with van der Waals surface area (Å²) in [5.41, 5.74) is 3.32. The number of amides is 2. The molecule has 0 unspecified atom stereocenters. The molecule has 0 spiro atoms. The van der Waals surface area contributed by atoms with Gasteiger partial charge < -0.3 is 10.2 Å². The Morgan fingerprint density at radius 2 is 1.77 bits per heavy atom. The fraction of sp³-hybridized carbons (Fsp3) is 0.167. The van der Waals surface area contributed by atoms with E-state index in [4.69, 9.17) is 0 Å².